The van der Waals surface area contributed by atoms with E-state index in [1.165, 1.54) is 11.3 Å². The lowest BCUT2D eigenvalue weighted by Crippen LogP contribution is -2.40. The van der Waals surface area contributed by atoms with Crippen LogP contribution in [0, 0.1) is 0 Å². The molecule has 0 radical (unpaired) electrons. The van der Waals surface area contributed by atoms with Gasteiger partial charge in [0, 0.05) is 20.2 Å². The molecule has 2 heterocycles. The molecule has 8 heteroatoms. The van der Waals surface area contributed by atoms with Crippen molar-refractivity contribution in [2.24, 2.45) is 0 Å². The number of ether oxygens (including phenoxy) is 2. The topological polar surface area (TPSA) is 63.7 Å². The van der Waals surface area contributed by atoms with Gasteiger partial charge in [-0.2, -0.15) is 0 Å². The molecule has 1 unspecified atom stereocenters. The summed E-state index contributed by atoms with van der Waals surface area (Å²) in [4.78, 5) is 18.0. The number of methoxy groups -OCH3 is 1. The molecule has 1 aromatic heterocycles. The van der Waals surface area contributed by atoms with Crippen molar-refractivity contribution >= 4 is 29.0 Å². The number of aromatic nitrogens is 1. The van der Waals surface area contributed by atoms with Gasteiger partial charge in [0.25, 0.3) is 0 Å². The zero-order chi connectivity index (χ0) is 16.3. The van der Waals surface area contributed by atoms with E-state index in [-0.39, 0.29) is 18.2 Å². The second-order valence-corrected chi connectivity index (χ2v) is 7.95. The number of hydrogen-bond acceptors (Lipinski definition) is 6. The lowest BCUT2D eigenvalue weighted by Gasteiger charge is -2.24. The van der Waals surface area contributed by atoms with Crippen LogP contribution < -0.4 is 5.32 Å². The van der Waals surface area contributed by atoms with E-state index in [0.29, 0.717) is 24.0 Å². The van der Waals surface area contributed by atoms with Gasteiger partial charge in [-0.05, 0) is 20.8 Å². The summed E-state index contributed by atoms with van der Waals surface area (Å²) in [5, 5.41) is 4.29. The first-order valence-corrected chi connectivity index (χ1v) is 8.32. The van der Waals surface area contributed by atoms with Gasteiger partial charge >= 0.3 is 6.09 Å². The van der Waals surface area contributed by atoms with Crippen LogP contribution in [0.4, 0.5) is 4.79 Å². The third kappa shape index (κ3) is 4.81. The molecule has 0 saturated carbocycles. The zero-order valence-electron chi connectivity index (χ0n) is 13.3. The lowest BCUT2D eigenvalue weighted by atomic mass is 10.2. The van der Waals surface area contributed by atoms with Gasteiger partial charge in [0.05, 0.1) is 24.9 Å². The van der Waals surface area contributed by atoms with Crippen LogP contribution in [-0.2, 0) is 16.0 Å². The highest BCUT2D eigenvalue weighted by Gasteiger charge is 2.37. The number of thiazole rings is 1. The molecule has 1 N–H and O–H groups in total. The Kier molecular flexibility index (Phi) is 5.65. The standard InChI is InChI=1S/C14H22ClN3O3S/c1-14(2,3)21-13(19)18-7-9(10(8-18)20-4)16-6-12-17-5-11(15)22-12/h5,9-10,16H,6-8H2,1-4H3/t9?,10-/m0/s1. The Morgan fingerprint density at radius 3 is 2.82 bits per heavy atom. The van der Waals surface area contributed by atoms with Crippen LogP contribution in [0.2, 0.25) is 4.34 Å². The van der Waals surface area contributed by atoms with Crippen molar-refractivity contribution in [2.75, 3.05) is 20.2 Å². The summed E-state index contributed by atoms with van der Waals surface area (Å²) < 4.78 is 11.5. The van der Waals surface area contributed by atoms with Crippen LogP contribution in [-0.4, -0.2) is 53.9 Å². The van der Waals surface area contributed by atoms with Crippen molar-refractivity contribution in [1.82, 2.24) is 15.2 Å². The number of amides is 1. The first-order valence-electron chi connectivity index (χ1n) is 7.13. The molecule has 6 nitrogen and oxygen atoms in total. The largest absolute Gasteiger partial charge is 0.444 e. The molecule has 2 atom stereocenters. The van der Waals surface area contributed by atoms with Gasteiger partial charge in [-0.25, -0.2) is 9.78 Å². The Labute approximate surface area is 139 Å². The Bertz CT molecular complexity index is 518. The van der Waals surface area contributed by atoms with E-state index in [1.807, 2.05) is 20.8 Å². The summed E-state index contributed by atoms with van der Waals surface area (Å²) in [6.07, 6.45) is 1.26. The first kappa shape index (κ1) is 17.5. The molecular weight excluding hydrogens is 326 g/mol. The molecule has 124 valence electrons. The van der Waals surface area contributed by atoms with E-state index in [2.05, 4.69) is 10.3 Å². The highest BCUT2D eigenvalue weighted by atomic mass is 35.5. The van der Waals surface area contributed by atoms with Gasteiger partial charge in [0.1, 0.15) is 14.9 Å². The molecule has 0 bridgehead atoms. The minimum Gasteiger partial charge on any atom is -0.444 e. The zero-order valence-corrected chi connectivity index (χ0v) is 14.8. The molecule has 0 spiro atoms. The molecule has 1 aromatic rings. The van der Waals surface area contributed by atoms with Gasteiger partial charge in [0.15, 0.2) is 0 Å². The smallest absolute Gasteiger partial charge is 0.410 e. The summed E-state index contributed by atoms with van der Waals surface area (Å²) in [6.45, 7) is 7.24. The summed E-state index contributed by atoms with van der Waals surface area (Å²) in [6, 6.07) is 0.0418. The fourth-order valence-electron chi connectivity index (χ4n) is 2.27. The van der Waals surface area contributed by atoms with Crippen molar-refractivity contribution in [3.05, 3.63) is 15.5 Å². The number of hydrogen-bond donors (Lipinski definition) is 1. The Balaban J connectivity index is 1.90. The maximum atomic E-state index is 12.1. The van der Waals surface area contributed by atoms with E-state index >= 15 is 0 Å². The van der Waals surface area contributed by atoms with Crippen LogP contribution >= 0.6 is 22.9 Å². The van der Waals surface area contributed by atoms with Crippen molar-refractivity contribution in [1.29, 1.82) is 0 Å². The summed E-state index contributed by atoms with van der Waals surface area (Å²) in [5.74, 6) is 0. The van der Waals surface area contributed by atoms with Gasteiger partial charge in [-0.1, -0.05) is 11.6 Å². The third-order valence-corrected chi connectivity index (χ3v) is 4.38. The van der Waals surface area contributed by atoms with E-state index in [0.717, 1.165) is 5.01 Å². The quantitative estimate of drug-likeness (QED) is 0.906. The molecule has 1 amide bonds. The van der Waals surface area contributed by atoms with Crippen molar-refractivity contribution in [3.8, 4) is 0 Å². The summed E-state index contributed by atoms with van der Waals surface area (Å²) >= 11 is 7.31. The fraction of sp³-hybridized carbons (Fsp3) is 0.714. The Morgan fingerprint density at radius 1 is 1.55 bits per heavy atom. The lowest BCUT2D eigenvalue weighted by molar-refractivity contribution is 0.0252. The van der Waals surface area contributed by atoms with Gasteiger partial charge in [-0.15, -0.1) is 11.3 Å². The number of halogens is 1. The molecular formula is C14H22ClN3O3S. The second kappa shape index (κ2) is 7.12. The van der Waals surface area contributed by atoms with E-state index in [9.17, 15) is 4.79 Å². The van der Waals surface area contributed by atoms with Crippen LogP contribution in [0.25, 0.3) is 0 Å². The normalized spacial score (nSPS) is 22.1. The van der Waals surface area contributed by atoms with Gasteiger partial charge in [0.2, 0.25) is 0 Å². The van der Waals surface area contributed by atoms with Crippen LogP contribution in [0.1, 0.15) is 25.8 Å². The number of rotatable bonds is 4. The molecule has 1 fully saturated rings. The predicted octanol–water partition coefficient (Wildman–Crippen LogP) is 2.52. The molecule has 0 aromatic carbocycles. The summed E-state index contributed by atoms with van der Waals surface area (Å²) in [7, 11) is 1.65. The molecule has 2 rings (SSSR count). The van der Waals surface area contributed by atoms with E-state index in [1.54, 1.807) is 18.2 Å². The minimum absolute atomic E-state index is 0.0418. The highest BCUT2D eigenvalue weighted by molar-refractivity contribution is 7.15. The molecule has 1 aliphatic heterocycles. The molecule has 1 saturated heterocycles. The van der Waals surface area contributed by atoms with Crippen molar-refractivity contribution in [2.45, 2.75) is 45.1 Å². The maximum Gasteiger partial charge on any atom is 0.410 e. The third-order valence-electron chi connectivity index (χ3n) is 3.26. The number of carbonyl (C=O) groups excluding carboxylic acids is 1. The fourth-order valence-corrected chi connectivity index (χ4v) is 3.18. The van der Waals surface area contributed by atoms with Crippen LogP contribution in [0.5, 0.6) is 0 Å². The predicted molar refractivity (Wildman–Crippen MR) is 86.4 cm³/mol. The van der Waals surface area contributed by atoms with Crippen LogP contribution in [0.3, 0.4) is 0 Å². The number of carbonyl (C=O) groups is 1. The molecule has 1 aliphatic rings. The van der Waals surface area contributed by atoms with Crippen molar-refractivity contribution in [3.63, 3.8) is 0 Å². The monoisotopic (exact) mass is 347 g/mol. The Morgan fingerprint density at radius 2 is 2.27 bits per heavy atom. The van der Waals surface area contributed by atoms with Crippen LogP contribution in [0.15, 0.2) is 6.20 Å². The average Bonchev–Trinajstić information content (AvgIpc) is 3.00. The second-order valence-electron chi connectivity index (χ2n) is 6.20. The number of nitrogens with one attached hydrogen (secondary N) is 1. The maximum absolute atomic E-state index is 12.1. The van der Waals surface area contributed by atoms with Gasteiger partial charge in [-0.3, -0.25) is 0 Å². The Hall–Kier alpha value is -0.890. The number of nitrogens with zero attached hydrogens (tertiary/aromatic N) is 2. The number of likely N-dealkylation sites (tertiary alicyclic amines) is 1. The average molecular weight is 348 g/mol. The molecule has 22 heavy (non-hydrogen) atoms. The van der Waals surface area contributed by atoms with E-state index < -0.39 is 5.60 Å². The summed E-state index contributed by atoms with van der Waals surface area (Å²) in [5.41, 5.74) is -0.497. The minimum atomic E-state index is -0.497. The molecule has 0 aliphatic carbocycles. The van der Waals surface area contributed by atoms with E-state index in [4.69, 9.17) is 21.1 Å². The first-order chi connectivity index (χ1) is 10.3. The van der Waals surface area contributed by atoms with Gasteiger partial charge < -0.3 is 19.7 Å². The SMILES string of the molecule is CO[C@H]1CN(C(=O)OC(C)(C)C)CC1NCc1ncc(Cl)s1. The van der Waals surface area contributed by atoms with Crippen molar-refractivity contribution < 1.29 is 14.3 Å². The highest BCUT2D eigenvalue weighted by Crippen LogP contribution is 2.20.